The summed E-state index contributed by atoms with van der Waals surface area (Å²) in [5.74, 6) is -0.0427. The van der Waals surface area contributed by atoms with Crippen molar-refractivity contribution >= 4 is 17.2 Å². The van der Waals surface area contributed by atoms with Gasteiger partial charge in [0.1, 0.15) is 5.01 Å². The second-order valence-electron chi connectivity index (χ2n) is 4.31. The zero-order valence-corrected chi connectivity index (χ0v) is 11.4. The fraction of sp³-hybridized carbons (Fsp3) is 0.417. The summed E-state index contributed by atoms with van der Waals surface area (Å²) in [6.07, 6.45) is 2.48. The molecule has 0 radical (unpaired) electrons. The summed E-state index contributed by atoms with van der Waals surface area (Å²) >= 11 is 1.52. The third-order valence-electron chi connectivity index (χ3n) is 2.85. The third-order valence-corrected chi connectivity index (χ3v) is 3.89. The molecular weight excluding hydrogens is 250 g/mol. The molecule has 1 atom stereocenters. The van der Waals surface area contributed by atoms with Gasteiger partial charge in [-0.05, 0) is 20.3 Å². The first-order valence-electron chi connectivity index (χ1n) is 5.71. The average molecular weight is 265 g/mol. The molecule has 2 heterocycles. The van der Waals surface area contributed by atoms with Gasteiger partial charge >= 0.3 is 0 Å². The Bertz CT molecular complexity index is 535. The number of carbonyl (C=O) groups excluding carboxylic acids is 1. The van der Waals surface area contributed by atoms with Crippen LogP contribution in [0, 0.1) is 6.92 Å². The molecule has 1 N–H and O–H groups in total. The molecule has 2 rings (SSSR count). The largest absolute Gasteiger partial charge is 0.351 e. The second-order valence-corrected chi connectivity index (χ2v) is 5.20. The van der Waals surface area contributed by atoms with E-state index in [4.69, 9.17) is 4.52 Å². The summed E-state index contributed by atoms with van der Waals surface area (Å²) in [5, 5.41) is 9.44. The Hall–Kier alpha value is -1.69. The predicted octanol–water partition coefficient (Wildman–Crippen LogP) is 2.49. The van der Waals surface area contributed by atoms with E-state index in [1.54, 1.807) is 19.2 Å². The predicted molar refractivity (Wildman–Crippen MR) is 68.5 cm³/mol. The average Bonchev–Trinajstić information content (AvgIpc) is 2.99. The molecule has 0 spiro atoms. The van der Waals surface area contributed by atoms with Crippen LogP contribution < -0.4 is 5.32 Å². The molecule has 0 aliphatic rings. The Balaban J connectivity index is 2.19. The molecule has 2 aromatic heterocycles. The lowest BCUT2D eigenvalue weighted by Crippen LogP contribution is -2.42. The number of nitrogens with one attached hydrogen (secondary N) is 1. The monoisotopic (exact) mass is 265 g/mol. The van der Waals surface area contributed by atoms with Crippen LogP contribution in [-0.2, 0) is 5.54 Å². The number of rotatable bonds is 4. The van der Waals surface area contributed by atoms with E-state index < -0.39 is 5.54 Å². The molecule has 2 aromatic rings. The Labute approximate surface area is 109 Å². The van der Waals surface area contributed by atoms with Crippen LogP contribution in [-0.4, -0.2) is 16.0 Å². The van der Waals surface area contributed by atoms with Gasteiger partial charge in [0.15, 0.2) is 0 Å². The lowest BCUT2D eigenvalue weighted by molar-refractivity contribution is 0.0864. The van der Waals surface area contributed by atoms with Gasteiger partial charge in [-0.1, -0.05) is 12.1 Å². The molecular formula is C12H15N3O2S. The van der Waals surface area contributed by atoms with E-state index in [0.717, 1.165) is 11.4 Å². The highest BCUT2D eigenvalue weighted by Gasteiger charge is 2.30. The van der Waals surface area contributed by atoms with Crippen molar-refractivity contribution in [1.82, 2.24) is 15.5 Å². The maximum Gasteiger partial charge on any atom is 0.290 e. The van der Waals surface area contributed by atoms with Crippen molar-refractivity contribution in [1.29, 1.82) is 0 Å². The summed E-state index contributed by atoms with van der Waals surface area (Å²) in [6, 6.07) is 1.62. The maximum absolute atomic E-state index is 12.1. The topological polar surface area (TPSA) is 68.0 Å². The van der Waals surface area contributed by atoms with Crippen LogP contribution in [0.4, 0.5) is 0 Å². The van der Waals surface area contributed by atoms with Crippen molar-refractivity contribution < 1.29 is 9.32 Å². The van der Waals surface area contributed by atoms with Crippen LogP contribution in [0.5, 0.6) is 0 Å². The molecule has 18 heavy (non-hydrogen) atoms. The first-order chi connectivity index (χ1) is 8.55. The molecule has 0 aliphatic carbocycles. The van der Waals surface area contributed by atoms with Crippen LogP contribution in [0.2, 0.25) is 0 Å². The van der Waals surface area contributed by atoms with E-state index in [1.807, 2.05) is 19.2 Å². The van der Waals surface area contributed by atoms with Crippen molar-refractivity contribution in [3.8, 4) is 0 Å². The molecule has 0 aliphatic heterocycles. The molecule has 1 amide bonds. The summed E-state index contributed by atoms with van der Waals surface area (Å²) in [4.78, 5) is 16.3. The van der Waals surface area contributed by atoms with E-state index in [9.17, 15) is 4.79 Å². The van der Waals surface area contributed by atoms with Crippen molar-refractivity contribution in [3.63, 3.8) is 0 Å². The Morgan fingerprint density at radius 3 is 2.89 bits per heavy atom. The van der Waals surface area contributed by atoms with Crippen molar-refractivity contribution in [2.24, 2.45) is 0 Å². The summed E-state index contributed by atoms with van der Waals surface area (Å²) < 4.78 is 4.95. The molecule has 0 fully saturated rings. The fourth-order valence-corrected chi connectivity index (χ4v) is 2.40. The zero-order valence-electron chi connectivity index (χ0n) is 10.6. The minimum atomic E-state index is -0.480. The molecule has 0 saturated heterocycles. The molecule has 6 heteroatoms. The van der Waals surface area contributed by atoms with Crippen LogP contribution in [0.25, 0.3) is 0 Å². The van der Waals surface area contributed by atoms with Crippen LogP contribution in [0.3, 0.4) is 0 Å². The number of amides is 1. The quantitative estimate of drug-likeness (QED) is 0.922. The first-order valence-corrected chi connectivity index (χ1v) is 6.59. The smallest absolute Gasteiger partial charge is 0.290 e. The van der Waals surface area contributed by atoms with Crippen molar-refractivity contribution in [2.45, 2.75) is 32.7 Å². The number of thiazole rings is 1. The minimum absolute atomic E-state index is 0.226. The molecule has 5 nitrogen and oxygen atoms in total. The van der Waals surface area contributed by atoms with E-state index in [2.05, 4.69) is 15.5 Å². The van der Waals surface area contributed by atoms with Gasteiger partial charge in [0.05, 0.1) is 11.2 Å². The first kappa shape index (κ1) is 12.8. The molecule has 0 bridgehead atoms. The van der Waals surface area contributed by atoms with Crippen LogP contribution in [0.1, 0.15) is 41.5 Å². The van der Waals surface area contributed by atoms with Crippen molar-refractivity contribution in [3.05, 3.63) is 34.1 Å². The standard InChI is InChI=1S/C12H15N3O2S/c1-4-12(3,11-13-5-6-18-11)14-10(16)9-7-8(2)15-17-9/h5-7H,4H2,1-3H3,(H,14,16). The summed E-state index contributed by atoms with van der Waals surface area (Å²) in [6.45, 7) is 5.74. The van der Waals surface area contributed by atoms with Gasteiger partial charge in [-0.3, -0.25) is 4.79 Å². The summed E-state index contributed by atoms with van der Waals surface area (Å²) in [7, 11) is 0. The van der Waals surface area contributed by atoms with Gasteiger partial charge in [-0.2, -0.15) is 0 Å². The number of aryl methyl sites for hydroxylation is 1. The lowest BCUT2D eigenvalue weighted by Gasteiger charge is -2.26. The molecule has 96 valence electrons. The molecule has 1 unspecified atom stereocenters. The van der Waals surface area contributed by atoms with E-state index in [-0.39, 0.29) is 11.7 Å². The highest BCUT2D eigenvalue weighted by molar-refractivity contribution is 7.09. The Morgan fingerprint density at radius 1 is 1.61 bits per heavy atom. The van der Waals surface area contributed by atoms with Gasteiger partial charge in [0.25, 0.3) is 5.91 Å². The van der Waals surface area contributed by atoms with E-state index >= 15 is 0 Å². The number of nitrogens with zero attached hydrogens (tertiary/aromatic N) is 2. The van der Waals surface area contributed by atoms with Crippen LogP contribution in [0.15, 0.2) is 22.2 Å². The van der Waals surface area contributed by atoms with Crippen LogP contribution >= 0.6 is 11.3 Å². The van der Waals surface area contributed by atoms with E-state index in [0.29, 0.717) is 5.69 Å². The van der Waals surface area contributed by atoms with Gasteiger partial charge in [0, 0.05) is 17.6 Å². The van der Waals surface area contributed by atoms with E-state index in [1.165, 1.54) is 11.3 Å². The number of carbonyl (C=O) groups is 1. The van der Waals surface area contributed by atoms with Crippen molar-refractivity contribution in [2.75, 3.05) is 0 Å². The maximum atomic E-state index is 12.1. The van der Waals surface area contributed by atoms with Gasteiger partial charge in [0.2, 0.25) is 5.76 Å². The summed E-state index contributed by atoms with van der Waals surface area (Å²) in [5.41, 5.74) is 0.207. The number of hydrogen-bond donors (Lipinski definition) is 1. The Kier molecular flexibility index (Phi) is 3.47. The highest BCUT2D eigenvalue weighted by atomic mass is 32.1. The SMILES string of the molecule is CCC(C)(NC(=O)c1cc(C)no1)c1nccs1. The molecule has 0 aromatic carbocycles. The Morgan fingerprint density at radius 2 is 2.39 bits per heavy atom. The normalized spacial score (nSPS) is 14.2. The van der Waals surface area contributed by atoms with Gasteiger partial charge < -0.3 is 9.84 Å². The second kappa shape index (κ2) is 4.89. The number of aromatic nitrogens is 2. The number of hydrogen-bond acceptors (Lipinski definition) is 5. The fourth-order valence-electron chi connectivity index (χ4n) is 1.57. The molecule has 0 saturated carbocycles. The zero-order chi connectivity index (χ0) is 13.2. The van der Waals surface area contributed by atoms with Gasteiger partial charge in [-0.25, -0.2) is 4.98 Å². The van der Waals surface area contributed by atoms with Gasteiger partial charge in [-0.15, -0.1) is 11.3 Å². The highest BCUT2D eigenvalue weighted by Crippen LogP contribution is 2.26. The lowest BCUT2D eigenvalue weighted by atomic mass is 9.99. The third kappa shape index (κ3) is 2.43. The minimum Gasteiger partial charge on any atom is -0.351 e.